The molecule has 0 atom stereocenters. The number of rotatable bonds is 8. The lowest BCUT2D eigenvalue weighted by atomic mass is 9.90. The number of hydrogen-bond acceptors (Lipinski definition) is 6. The number of nitriles is 1. The van der Waals surface area contributed by atoms with Crippen LogP contribution in [0.1, 0.15) is 48.8 Å². The van der Waals surface area contributed by atoms with Crippen LogP contribution in [0.2, 0.25) is 0 Å². The standard InChI is InChI=1S/C26H26FN5O2/c27-22-12-11-20(21(13-22)17-34-16-18-7-3-1-4-8-18)15-29-32-26-30-24(19-9-5-2-6-10-19)23(14-28)25(33)31-26/h2,5-6,9-13,15,18H,1,3-4,7-8,16-17H2,(H2,30,31,32,33). The van der Waals surface area contributed by atoms with E-state index >= 15 is 0 Å². The van der Waals surface area contributed by atoms with Gasteiger partial charge in [-0.15, -0.1) is 0 Å². The third-order valence-corrected chi connectivity index (χ3v) is 5.89. The van der Waals surface area contributed by atoms with E-state index in [1.807, 2.05) is 12.1 Å². The van der Waals surface area contributed by atoms with Gasteiger partial charge < -0.3 is 4.74 Å². The minimum absolute atomic E-state index is 0.0725. The molecule has 1 saturated carbocycles. The summed E-state index contributed by atoms with van der Waals surface area (Å²) in [5.41, 5.74) is 4.36. The molecule has 3 aromatic rings. The van der Waals surface area contributed by atoms with Crippen LogP contribution in [0.15, 0.2) is 58.4 Å². The van der Waals surface area contributed by atoms with E-state index in [2.05, 4.69) is 20.5 Å². The Labute approximate surface area is 197 Å². The number of aromatic amines is 1. The molecule has 34 heavy (non-hydrogen) atoms. The summed E-state index contributed by atoms with van der Waals surface area (Å²) in [7, 11) is 0. The summed E-state index contributed by atoms with van der Waals surface area (Å²) in [6.07, 6.45) is 7.67. The molecule has 1 heterocycles. The van der Waals surface area contributed by atoms with Crippen LogP contribution in [-0.4, -0.2) is 22.8 Å². The van der Waals surface area contributed by atoms with Gasteiger partial charge in [-0.25, -0.2) is 14.8 Å². The lowest BCUT2D eigenvalue weighted by Gasteiger charge is -2.21. The lowest BCUT2D eigenvalue weighted by Crippen LogP contribution is -2.16. The topological polar surface area (TPSA) is 103 Å². The fraction of sp³-hybridized carbons (Fsp3) is 0.308. The van der Waals surface area contributed by atoms with Crippen LogP contribution in [0, 0.1) is 23.1 Å². The quantitative estimate of drug-likeness (QED) is 0.365. The molecule has 0 unspecified atom stereocenters. The maximum atomic E-state index is 13.8. The fourth-order valence-electron chi connectivity index (χ4n) is 4.11. The summed E-state index contributed by atoms with van der Waals surface area (Å²) in [5.74, 6) is 0.322. The van der Waals surface area contributed by atoms with Gasteiger partial charge in [-0.3, -0.25) is 9.78 Å². The van der Waals surface area contributed by atoms with Gasteiger partial charge in [0.1, 0.15) is 17.4 Å². The van der Waals surface area contributed by atoms with Crippen molar-refractivity contribution >= 4 is 12.2 Å². The number of nitrogens with zero attached hydrogens (tertiary/aromatic N) is 3. The average molecular weight is 460 g/mol. The summed E-state index contributed by atoms with van der Waals surface area (Å²) in [5, 5.41) is 13.5. The lowest BCUT2D eigenvalue weighted by molar-refractivity contribution is 0.0737. The predicted octanol–water partition coefficient (Wildman–Crippen LogP) is 4.99. The Morgan fingerprint density at radius 1 is 1.21 bits per heavy atom. The number of anilines is 1. The van der Waals surface area contributed by atoms with Crippen molar-refractivity contribution in [3.63, 3.8) is 0 Å². The Morgan fingerprint density at radius 3 is 2.76 bits per heavy atom. The highest BCUT2D eigenvalue weighted by Crippen LogP contribution is 2.24. The largest absolute Gasteiger partial charge is 0.376 e. The van der Waals surface area contributed by atoms with Crippen molar-refractivity contribution in [2.75, 3.05) is 12.0 Å². The Hall–Kier alpha value is -3.83. The molecule has 0 saturated heterocycles. The van der Waals surface area contributed by atoms with Crippen LogP contribution in [0.4, 0.5) is 10.3 Å². The minimum atomic E-state index is -0.562. The molecule has 1 fully saturated rings. The highest BCUT2D eigenvalue weighted by atomic mass is 19.1. The molecule has 7 nitrogen and oxygen atoms in total. The maximum absolute atomic E-state index is 13.8. The normalized spacial score (nSPS) is 14.2. The molecule has 0 aliphatic heterocycles. The van der Waals surface area contributed by atoms with Crippen LogP contribution in [-0.2, 0) is 11.3 Å². The summed E-state index contributed by atoms with van der Waals surface area (Å²) >= 11 is 0. The summed E-state index contributed by atoms with van der Waals surface area (Å²) < 4.78 is 19.7. The zero-order chi connectivity index (χ0) is 23.8. The number of H-pyrrole nitrogens is 1. The van der Waals surface area contributed by atoms with Gasteiger partial charge in [0.25, 0.3) is 5.56 Å². The molecular weight excluding hydrogens is 433 g/mol. The van der Waals surface area contributed by atoms with Crippen molar-refractivity contribution < 1.29 is 9.13 Å². The molecule has 1 aromatic heterocycles. The van der Waals surface area contributed by atoms with E-state index in [0.29, 0.717) is 35.8 Å². The Kier molecular flexibility index (Phi) is 7.79. The summed E-state index contributed by atoms with van der Waals surface area (Å²) in [6.45, 7) is 0.962. The first-order chi connectivity index (χ1) is 16.6. The van der Waals surface area contributed by atoms with E-state index in [1.165, 1.54) is 50.5 Å². The van der Waals surface area contributed by atoms with E-state index in [0.717, 1.165) is 0 Å². The minimum Gasteiger partial charge on any atom is -0.376 e. The zero-order valence-corrected chi connectivity index (χ0v) is 18.8. The molecule has 0 spiro atoms. The van der Waals surface area contributed by atoms with Crippen molar-refractivity contribution in [2.45, 2.75) is 38.7 Å². The van der Waals surface area contributed by atoms with Gasteiger partial charge in [-0.2, -0.15) is 10.4 Å². The molecule has 2 N–H and O–H groups in total. The smallest absolute Gasteiger partial charge is 0.270 e. The number of aromatic nitrogens is 2. The first kappa shape index (κ1) is 23.3. The van der Waals surface area contributed by atoms with Gasteiger partial charge in [0, 0.05) is 17.7 Å². The van der Waals surface area contributed by atoms with Gasteiger partial charge in [-0.05, 0) is 36.5 Å². The van der Waals surface area contributed by atoms with Crippen LogP contribution in [0.5, 0.6) is 0 Å². The van der Waals surface area contributed by atoms with Gasteiger partial charge in [-0.1, -0.05) is 55.7 Å². The van der Waals surface area contributed by atoms with Crippen LogP contribution in [0.3, 0.4) is 0 Å². The van der Waals surface area contributed by atoms with Crippen LogP contribution >= 0.6 is 0 Å². The monoisotopic (exact) mass is 459 g/mol. The average Bonchev–Trinajstić information content (AvgIpc) is 2.86. The summed E-state index contributed by atoms with van der Waals surface area (Å²) in [4.78, 5) is 19.2. The number of hydrazone groups is 1. The molecule has 0 bridgehead atoms. The molecule has 0 radical (unpaired) electrons. The third kappa shape index (κ3) is 5.94. The highest BCUT2D eigenvalue weighted by molar-refractivity contribution is 5.82. The Balaban J connectivity index is 1.47. The molecule has 8 heteroatoms. The fourth-order valence-corrected chi connectivity index (χ4v) is 4.11. The van der Waals surface area contributed by atoms with Gasteiger partial charge >= 0.3 is 0 Å². The molecule has 2 aromatic carbocycles. The number of hydrogen-bond donors (Lipinski definition) is 2. The summed E-state index contributed by atoms with van der Waals surface area (Å²) in [6, 6.07) is 15.3. The molecular formula is C26H26FN5O2. The van der Waals surface area contributed by atoms with Gasteiger partial charge in [0.15, 0.2) is 0 Å². The van der Waals surface area contributed by atoms with Gasteiger partial charge in [0.2, 0.25) is 5.95 Å². The van der Waals surface area contributed by atoms with Crippen molar-refractivity contribution in [3.8, 4) is 17.3 Å². The SMILES string of the molecule is N#Cc1c(-c2ccccc2)nc(NN=Cc2ccc(F)cc2COCC2CCCCC2)[nH]c1=O. The number of halogens is 1. The molecule has 0 amide bonds. The first-order valence-electron chi connectivity index (χ1n) is 11.4. The van der Waals surface area contributed by atoms with E-state index < -0.39 is 5.56 Å². The van der Waals surface area contributed by atoms with Crippen molar-refractivity contribution in [1.82, 2.24) is 9.97 Å². The second-order valence-electron chi connectivity index (χ2n) is 8.35. The zero-order valence-electron chi connectivity index (χ0n) is 18.8. The van der Waals surface area contributed by atoms with Crippen molar-refractivity contribution in [3.05, 3.63) is 81.4 Å². The Bertz CT molecular complexity index is 1240. The van der Waals surface area contributed by atoms with E-state index in [-0.39, 0.29) is 23.0 Å². The van der Waals surface area contributed by atoms with Crippen molar-refractivity contribution in [1.29, 1.82) is 5.26 Å². The van der Waals surface area contributed by atoms with Gasteiger partial charge in [0.05, 0.1) is 18.5 Å². The van der Waals surface area contributed by atoms with E-state index in [1.54, 1.807) is 30.3 Å². The van der Waals surface area contributed by atoms with E-state index in [9.17, 15) is 14.4 Å². The van der Waals surface area contributed by atoms with Crippen LogP contribution in [0.25, 0.3) is 11.3 Å². The maximum Gasteiger partial charge on any atom is 0.270 e. The highest BCUT2D eigenvalue weighted by Gasteiger charge is 2.14. The van der Waals surface area contributed by atoms with E-state index in [4.69, 9.17) is 4.74 Å². The first-order valence-corrected chi connectivity index (χ1v) is 11.4. The molecule has 1 aliphatic rings. The van der Waals surface area contributed by atoms with Crippen molar-refractivity contribution in [2.24, 2.45) is 11.0 Å². The number of nitrogens with one attached hydrogen (secondary N) is 2. The molecule has 1 aliphatic carbocycles. The van der Waals surface area contributed by atoms with Crippen LogP contribution < -0.4 is 11.0 Å². The number of ether oxygens (including phenoxy) is 1. The second-order valence-corrected chi connectivity index (χ2v) is 8.35. The Morgan fingerprint density at radius 2 is 2.00 bits per heavy atom. The third-order valence-electron chi connectivity index (χ3n) is 5.89. The second kappa shape index (κ2) is 11.3. The number of benzene rings is 2. The molecule has 4 rings (SSSR count). The predicted molar refractivity (Wildman–Crippen MR) is 129 cm³/mol. The molecule has 174 valence electrons.